The number of anilines is 1. The Labute approximate surface area is 245 Å². The first-order chi connectivity index (χ1) is 19.7. The van der Waals surface area contributed by atoms with Gasteiger partial charge in [-0.15, -0.1) is 13.2 Å². The minimum absolute atomic E-state index is 0.106. The van der Waals surface area contributed by atoms with Crippen molar-refractivity contribution in [3.8, 4) is 0 Å². The van der Waals surface area contributed by atoms with Gasteiger partial charge in [-0.2, -0.15) is 0 Å². The highest BCUT2D eigenvalue weighted by Gasteiger charge is 2.79. The van der Waals surface area contributed by atoms with Crippen molar-refractivity contribution in [2.45, 2.75) is 83.1 Å². The predicted octanol–water partition coefficient (Wildman–Crippen LogP) is 4.19. The Morgan fingerprint density at radius 1 is 1.12 bits per heavy atom. The lowest BCUT2D eigenvalue weighted by Gasteiger charge is -2.40. The highest BCUT2D eigenvalue weighted by molar-refractivity contribution is 6.03. The maximum absolute atomic E-state index is 14.6. The van der Waals surface area contributed by atoms with Gasteiger partial charge in [0.1, 0.15) is 11.6 Å². The van der Waals surface area contributed by atoms with Gasteiger partial charge in [0.05, 0.1) is 30.1 Å². The van der Waals surface area contributed by atoms with Gasteiger partial charge in [-0.3, -0.25) is 14.4 Å². The molecule has 0 aliphatic carbocycles. The van der Waals surface area contributed by atoms with Gasteiger partial charge in [0, 0.05) is 25.3 Å². The van der Waals surface area contributed by atoms with E-state index < -0.39 is 35.1 Å². The highest BCUT2D eigenvalue weighted by Crippen LogP contribution is 2.65. The van der Waals surface area contributed by atoms with Crippen LogP contribution in [-0.4, -0.2) is 82.2 Å². The van der Waals surface area contributed by atoms with E-state index >= 15 is 0 Å². The van der Waals surface area contributed by atoms with E-state index in [1.54, 1.807) is 26.9 Å². The molecule has 3 fully saturated rings. The molecule has 6 atom stereocenters. The number of hydrogen-bond acceptors (Lipinski definition) is 5. The molecule has 8 heteroatoms. The molecular weight excluding hydrogens is 518 g/mol. The fourth-order valence-corrected chi connectivity index (χ4v) is 7.48. The lowest BCUT2D eigenvalue weighted by atomic mass is 9.64. The topological polar surface area (TPSA) is 90.4 Å². The van der Waals surface area contributed by atoms with Crippen molar-refractivity contribution >= 4 is 23.4 Å². The summed E-state index contributed by atoms with van der Waals surface area (Å²) in [5.74, 6) is -2.34. The molecule has 1 aromatic carbocycles. The van der Waals surface area contributed by atoms with E-state index in [9.17, 15) is 19.5 Å². The summed E-state index contributed by atoms with van der Waals surface area (Å²) >= 11 is 0. The summed E-state index contributed by atoms with van der Waals surface area (Å²) in [5, 5.41) is 10.5. The van der Waals surface area contributed by atoms with Gasteiger partial charge >= 0.3 is 0 Å². The summed E-state index contributed by atoms with van der Waals surface area (Å²) in [5.41, 5.74) is -1.27. The van der Waals surface area contributed by atoms with Gasteiger partial charge in [-0.1, -0.05) is 64.5 Å². The molecule has 3 amide bonds. The van der Waals surface area contributed by atoms with Crippen molar-refractivity contribution < 1.29 is 24.2 Å². The van der Waals surface area contributed by atoms with Crippen molar-refractivity contribution in [3.63, 3.8) is 0 Å². The molecule has 224 valence electrons. The maximum atomic E-state index is 14.6. The van der Waals surface area contributed by atoms with Gasteiger partial charge in [0.2, 0.25) is 17.7 Å². The van der Waals surface area contributed by atoms with Crippen molar-refractivity contribution in [1.29, 1.82) is 0 Å². The van der Waals surface area contributed by atoms with Gasteiger partial charge in [-0.25, -0.2) is 0 Å². The van der Waals surface area contributed by atoms with E-state index in [0.717, 1.165) is 18.5 Å². The summed E-state index contributed by atoms with van der Waals surface area (Å²) in [4.78, 5) is 48.7. The number of ether oxygens (including phenoxy) is 1. The summed E-state index contributed by atoms with van der Waals surface area (Å²) in [6, 6.07) is 7.90. The zero-order chi connectivity index (χ0) is 29.9. The summed E-state index contributed by atoms with van der Waals surface area (Å²) in [6.45, 7) is 16.6. The number of carbonyl (C=O) groups is 3. The third-order valence-corrected chi connectivity index (χ3v) is 9.52. The standard InChI is InChI=1S/C33H47N3O5/c1-7-11-21-34(19-8-2)31(40)28-33-18-17-32(10-4,41-33)26(27(33)30(39)36(28)25(22-37)23(5)6)29(38)35(20-9-3)24-15-13-12-14-16-24/h8-9,12-16,23,25-28,37H,2-3,7,10-11,17-22H2,1,4-6H3/t25-,26-,27-,28?,32+,33?/m0/s1. The first-order valence-corrected chi connectivity index (χ1v) is 15.2. The van der Waals surface area contributed by atoms with E-state index in [1.165, 1.54) is 0 Å². The van der Waals surface area contributed by atoms with Crippen LogP contribution in [0.25, 0.3) is 0 Å². The van der Waals surface area contributed by atoms with Crippen LogP contribution < -0.4 is 4.90 Å². The Morgan fingerprint density at radius 2 is 1.80 bits per heavy atom. The monoisotopic (exact) mass is 565 g/mol. The van der Waals surface area contributed by atoms with Crippen LogP contribution in [0.5, 0.6) is 0 Å². The average molecular weight is 566 g/mol. The molecule has 41 heavy (non-hydrogen) atoms. The second kappa shape index (κ2) is 12.5. The van der Waals surface area contributed by atoms with Crippen molar-refractivity contribution in [2.24, 2.45) is 17.8 Å². The number of amides is 3. The molecule has 2 bridgehead atoms. The van der Waals surface area contributed by atoms with E-state index in [0.29, 0.717) is 32.4 Å². The second-order valence-electron chi connectivity index (χ2n) is 12.1. The minimum Gasteiger partial charge on any atom is -0.394 e. The van der Waals surface area contributed by atoms with Crippen molar-refractivity contribution in [2.75, 3.05) is 31.1 Å². The SMILES string of the molecule is C=CCN(CCCC)C(=O)C1N([C@@H](CO)C(C)C)C(=O)[C@@H]2[C@@H](C(=O)N(CC=C)c3ccccc3)[C@@]3(CC)CCC12O3. The fraction of sp³-hybridized carbons (Fsp3) is 0.606. The normalized spacial score (nSPS) is 29.0. The molecule has 3 saturated heterocycles. The number of para-hydroxylation sites is 1. The van der Waals surface area contributed by atoms with Crippen LogP contribution in [0.1, 0.15) is 59.8 Å². The molecule has 0 aromatic heterocycles. The third kappa shape index (κ3) is 5.03. The van der Waals surface area contributed by atoms with Crippen LogP contribution in [0.3, 0.4) is 0 Å². The molecule has 1 aromatic rings. The molecule has 0 radical (unpaired) electrons. The van der Waals surface area contributed by atoms with E-state index in [4.69, 9.17) is 4.74 Å². The molecule has 3 aliphatic rings. The molecule has 0 saturated carbocycles. The number of nitrogens with zero attached hydrogens (tertiary/aromatic N) is 3. The van der Waals surface area contributed by atoms with Gasteiger partial charge in [0.15, 0.2) is 0 Å². The zero-order valence-corrected chi connectivity index (χ0v) is 25.1. The molecule has 1 spiro atoms. The molecule has 4 rings (SSSR count). The molecule has 3 aliphatic heterocycles. The molecule has 8 nitrogen and oxygen atoms in total. The third-order valence-electron chi connectivity index (χ3n) is 9.52. The predicted molar refractivity (Wildman–Crippen MR) is 160 cm³/mol. The second-order valence-corrected chi connectivity index (χ2v) is 12.1. The number of benzene rings is 1. The lowest BCUT2D eigenvalue weighted by molar-refractivity contribution is -0.157. The quantitative estimate of drug-likeness (QED) is 0.342. The molecular formula is C33H47N3O5. The van der Waals surface area contributed by atoms with Crippen LogP contribution in [0.2, 0.25) is 0 Å². The molecule has 3 heterocycles. The average Bonchev–Trinajstić information content (AvgIpc) is 3.58. The minimum atomic E-state index is -1.14. The Morgan fingerprint density at radius 3 is 2.37 bits per heavy atom. The molecule has 2 unspecified atom stereocenters. The Hall–Kier alpha value is -2.97. The van der Waals surface area contributed by atoms with Crippen LogP contribution >= 0.6 is 0 Å². The van der Waals surface area contributed by atoms with Crippen LogP contribution in [-0.2, 0) is 19.1 Å². The number of carbonyl (C=O) groups excluding carboxylic acids is 3. The Balaban J connectivity index is 1.86. The number of hydrogen-bond donors (Lipinski definition) is 1. The summed E-state index contributed by atoms with van der Waals surface area (Å²) < 4.78 is 6.97. The van der Waals surface area contributed by atoms with Crippen LogP contribution in [0.4, 0.5) is 5.69 Å². The number of unbranched alkanes of at least 4 members (excludes halogenated alkanes) is 1. The zero-order valence-electron chi connectivity index (χ0n) is 25.1. The number of aliphatic hydroxyl groups excluding tert-OH is 1. The van der Waals surface area contributed by atoms with Crippen LogP contribution in [0, 0.1) is 17.8 Å². The number of rotatable bonds is 14. The largest absolute Gasteiger partial charge is 0.394 e. The smallest absolute Gasteiger partial charge is 0.248 e. The van der Waals surface area contributed by atoms with Crippen molar-refractivity contribution in [3.05, 3.63) is 55.6 Å². The lowest BCUT2D eigenvalue weighted by Crippen LogP contribution is -2.59. The first kappa shape index (κ1) is 31.0. The first-order valence-electron chi connectivity index (χ1n) is 15.2. The van der Waals surface area contributed by atoms with Crippen LogP contribution in [0.15, 0.2) is 55.6 Å². The number of fused-ring (bicyclic) bond motifs is 1. The highest BCUT2D eigenvalue weighted by atomic mass is 16.5. The van der Waals surface area contributed by atoms with Gasteiger partial charge in [-0.05, 0) is 43.7 Å². The van der Waals surface area contributed by atoms with Gasteiger partial charge in [0.25, 0.3) is 0 Å². The number of aliphatic hydroxyl groups is 1. The van der Waals surface area contributed by atoms with E-state index in [-0.39, 0.29) is 36.8 Å². The van der Waals surface area contributed by atoms with Crippen molar-refractivity contribution in [1.82, 2.24) is 9.80 Å². The fourth-order valence-electron chi connectivity index (χ4n) is 7.48. The Kier molecular flexibility index (Phi) is 9.44. The van der Waals surface area contributed by atoms with E-state index in [2.05, 4.69) is 20.1 Å². The van der Waals surface area contributed by atoms with E-state index in [1.807, 2.05) is 51.1 Å². The summed E-state index contributed by atoms with van der Waals surface area (Å²) in [7, 11) is 0. The maximum Gasteiger partial charge on any atom is 0.248 e. The Bertz CT molecular complexity index is 1140. The van der Waals surface area contributed by atoms with Gasteiger partial charge < -0.3 is 24.5 Å². The number of likely N-dealkylation sites (tertiary alicyclic amines) is 1. The summed E-state index contributed by atoms with van der Waals surface area (Å²) in [6.07, 6.45) is 6.76. The molecule has 1 N–H and O–H groups in total.